The third-order valence-corrected chi connectivity index (χ3v) is 9.79. The summed E-state index contributed by atoms with van der Waals surface area (Å²) in [6.07, 6.45) is 1.02. The number of likely N-dealkylation sites (tertiary alicyclic amines) is 1. The van der Waals surface area contributed by atoms with Crippen LogP contribution in [-0.4, -0.2) is 35.7 Å². The van der Waals surface area contributed by atoms with Crippen LogP contribution in [0, 0.1) is 11.8 Å². The molecule has 0 spiro atoms. The molecule has 1 fully saturated rings. The number of hydrogen-bond donors (Lipinski definition) is 0. The van der Waals surface area contributed by atoms with Crippen molar-refractivity contribution in [2.24, 2.45) is 11.8 Å². The van der Waals surface area contributed by atoms with Crippen LogP contribution in [0.2, 0.25) is 19.3 Å². The Kier molecular flexibility index (Phi) is 5.88. The Morgan fingerprint density at radius 3 is 2.04 bits per heavy atom. The van der Waals surface area contributed by atoms with E-state index in [1.807, 2.05) is 6.07 Å². The van der Waals surface area contributed by atoms with Crippen molar-refractivity contribution in [1.29, 1.82) is 0 Å². The molecule has 1 aliphatic heterocycles. The second-order valence-electron chi connectivity index (χ2n) is 8.53. The Balaban J connectivity index is 1.77. The van der Waals surface area contributed by atoms with E-state index >= 15 is 0 Å². The first-order chi connectivity index (χ1) is 11.9. The first kappa shape index (κ1) is 18.5. The zero-order valence-electron chi connectivity index (χ0n) is 15.6. The average Bonchev–Trinajstić information content (AvgIpc) is 2.84. The van der Waals surface area contributed by atoms with Crippen LogP contribution in [0.25, 0.3) is 0 Å². The summed E-state index contributed by atoms with van der Waals surface area (Å²) in [4.78, 5) is 22.6. The van der Waals surface area contributed by atoms with Crippen molar-refractivity contribution >= 4 is 24.3 Å². The van der Waals surface area contributed by atoms with Gasteiger partial charge in [0.05, 0.1) is 0 Å². The van der Waals surface area contributed by atoms with Crippen LogP contribution >= 0.6 is 0 Å². The molecule has 2 aromatic carbocycles. The van der Waals surface area contributed by atoms with Gasteiger partial charge in [-0.1, -0.05) is 0 Å². The zero-order valence-corrected chi connectivity index (χ0v) is 18.5. The number of amides is 1. The van der Waals surface area contributed by atoms with E-state index in [1.165, 1.54) is 11.1 Å². The van der Waals surface area contributed by atoms with Gasteiger partial charge in [-0.2, -0.15) is 0 Å². The second kappa shape index (κ2) is 7.94. The van der Waals surface area contributed by atoms with Gasteiger partial charge in [-0.15, -0.1) is 0 Å². The molecule has 1 aliphatic rings. The molecule has 3 heteroatoms. The van der Waals surface area contributed by atoms with E-state index in [-0.39, 0.29) is 5.92 Å². The number of nitrogens with zero attached hydrogens (tertiary/aromatic N) is 1. The third kappa shape index (κ3) is 5.10. The van der Waals surface area contributed by atoms with Gasteiger partial charge in [-0.3, -0.25) is 0 Å². The first-order valence-corrected chi connectivity index (χ1v) is 19.9. The molecule has 0 unspecified atom stereocenters. The first-order valence-electron chi connectivity index (χ1n) is 9.29. The van der Waals surface area contributed by atoms with Crippen molar-refractivity contribution in [3.63, 3.8) is 0 Å². The summed E-state index contributed by atoms with van der Waals surface area (Å²) in [7, 11) is 0. The van der Waals surface area contributed by atoms with E-state index in [2.05, 4.69) is 74.3 Å². The molecular formula is C22H29NOSn. The standard InChI is InChI=1S/C19H20NO.3CH3.Sn/c1-15-18(12-16-8-4-2-5-9-16)14-20(19(15)21)13-17-10-6-3-7-11-17;;;;/h2-11,15,18H,1,12-14H2;3*1H3;/t15-,18+;;;;/m0..../s1. The van der Waals surface area contributed by atoms with E-state index in [1.54, 1.807) is 0 Å². The molecule has 132 valence electrons. The van der Waals surface area contributed by atoms with E-state index in [0.29, 0.717) is 11.8 Å². The maximum absolute atomic E-state index is 13.1. The number of carbonyl (C=O) groups excluding carboxylic acids is 1. The predicted molar refractivity (Wildman–Crippen MR) is 107 cm³/mol. The van der Waals surface area contributed by atoms with E-state index in [0.717, 1.165) is 23.9 Å². The SMILES string of the molecule is [CH3][Sn]([CH3])([CH3])[CH2][C@@H]1C(=O)N(Cc2ccccc2)C[C@H]1Cc1ccccc1. The van der Waals surface area contributed by atoms with Crippen molar-refractivity contribution in [3.8, 4) is 0 Å². The number of rotatable bonds is 6. The molecule has 1 heterocycles. The molecule has 0 N–H and O–H groups in total. The Morgan fingerprint density at radius 1 is 0.920 bits per heavy atom. The van der Waals surface area contributed by atoms with Crippen LogP contribution in [-0.2, 0) is 17.8 Å². The van der Waals surface area contributed by atoms with Crippen LogP contribution in [0.5, 0.6) is 0 Å². The molecule has 3 rings (SSSR count). The summed E-state index contributed by atoms with van der Waals surface area (Å²) in [6.45, 7) is 1.65. The Labute approximate surface area is 156 Å². The third-order valence-electron chi connectivity index (χ3n) is 5.04. The molecule has 0 radical (unpaired) electrons. The minimum atomic E-state index is -2.04. The second-order valence-corrected chi connectivity index (χ2v) is 24.3. The van der Waals surface area contributed by atoms with Gasteiger partial charge in [0.25, 0.3) is 0 Å². The van der Waals surface area contributed by atoms with E-state index < -0.39 is 18.4 Å². The maximum atomic E-state index is 13.1. The molecular weight excluding hydrogens is 413 g/mol. The molecule has 2 atom stereocenters. The van der Waals surface area contributed by atoms with Gasteiger partial charge < -0.3 is 0 Å². The van der Waals surface area contributed by atoms with Crippen LogP contribution in [0.1, 0.15) is 11.1 Å². The summed E-state index contributed by atoms with van der Waals surface area (Å²) in [5.74, 6) is 1.06. The summed E-state index contributed by atoms with van der Waals surface area (Å²) >= 11 is -2.04. The molecule has 0 aromatic heterocycles. The van der Waals surface area contributed by atoms with E-state index in [9.17, 15) is 4.79 Å². The summed E-state index contributed by atoms with van der Waals surface area (Å²) < 4.78 is 1.16. The molecule has 2 nitrogen and oxygen atoms in total. The molecule has 0 bridgehead atoms. The normalized spacial score (nSPS) is 20.9. The average molecular weight is 442 g/mol. The van der Waals surface area contributed by atoms with Gasteiger partial charge in [-0.25, -0.2) is 0 Å². The fourth-order valence-electron chi connectivity index (χ4n) is 3.92. The van der Waals surface area contributed by atoms with Crippen LogP contribution in [0.15, 0.2) is 60.7 Å². The van der Waals surface area contributed by atoms with Crippen LogP contribution in [0.3, 0.4) is 0 Å². The quantitative estimate of drug-likeness (QED) is 0.587. The number of carbonyl (C=O) groups is 1. The minimum absolute atomic E-state index is 0.222. The monoisotopic (exact) mass is 443 g/mol. The van der Waals surface area contributed by atoms with Gasteiger partial charge >= 0.3 is 156 Å². The Hall–Kier alpha value is -1.29. The fraction of sp³-hybridized carbons (Fsp3) is 0.409. The molecule has 1 saturated heterocycles. The molecule has 25 heavy (non-hydrogen) atoms. The van der Waals surface area contributed by atoms with Crippen molar-refractivity contribution in [1.82, 2.24) is 4.90 Å². The Bertz CT molecular complexity index is 693. The number of benzene rings is 2. The summed E-state index contributed by atoms with van der Waals surface area (Å²) in [5.41, 5.74) is 2.59. The molecule has 0 aliphatic carbocycles. The van der Waals surface area contributed by atoms with Crippen molar-refractivity contribution in [2.75, 3.05) is 6.54 Å². The summed E-state index contributed by atoms with van der Waals surface area (Å²) in [5, 5.41) is 0. The zero-order chi connectivity index (χ0) is 17.9. The topological polar surface area (TPSA) is 20.3 Å². The fourth-order valence-corrected chi connectivity index (χ4v) is 9.14. The number of hydrogen-bond acceptors (Lipinski definition) is 1. The van der Waals surface area contributed by atoms with Crippen LogP contribution in [0.4, 0.5) is 0 Å². The van der Waals surface area contributed by atoms with Gasteiger partial charge in [0.15, 0.2) is 0 Å². The van der Waals surface area contributed by atoms with Crippen molar-refractivity contribution < 1.29 is 4.79 Å². The predicted octanol–water partition coefficient (Wildman–Crippen LogP) is 4.84. The van der Waals surface area contributed by atoms with Crippen LogP contribution < -0.4 is 0 Å². The summed E-state index contributed by atoms with van der Waals surface area (Å²) in [6, 6.07) is 21.0. The molecule has 0 saturated carbocycles. The van der Waals surface area contributed by atoms with E-state index in [4.69, 9.17) is 0 Å². The van der Waals surface area contributed by atoms with Gasteiger partial charge in [0, 0.05) is 0 Å². The van der Waals surface area contributed by atoms with Gasteiger partial charge in [0.2, 0.25) is 0 Å². The molecule has 1 amide bonds. The van der Waals surface area contributed by atoms with Crippen molar-refractivity contribution in [3.05, 3.63) is 71.8 Å². The Morgan fingerprint density at radius 2 is 1.48 bits per heavy atom. The van der Waals surface area contributed by atoms with Gasteiger partial charge in [0.1, 0.15) is 0 Å². The van der Waals surface area contributed by atoms with Crippen molar-refractivity contribution in [2.45, 2.75) is 32.2 Å². The molecule has 2 aromatic rings. The van der Waals surface area contributed by atoms with Gasteiger partial charge in [-0.05, 0) is 0 Å².